The number of nitrogens with two attached hydrogens (primary N) is 1. The number of ether oxygens (including phenoxy) is 3. The molecule has 0 aliphatic rings. The van der Waals surface area contributed by atoms with Gasteiger partial charge in [-0.25, -0.2) is 19.7 Å². The summed E-state index contributed by atoms with van der Waals surface area (Å²) in [6.07, 6.45) is 21.1. The van der Waals surface area contributed by atoms with Crippen molar-refractivity contribution in [1.82, 2.24) is 19.5 Å². The predicted molar refractivity (Wildman–Crippen MR) is 187 cm³/mol. The molecule has 3 unspecified atom stereocenters. The van der Waals surface area contributed by atoms with Crippen molar-refractivity contribution in [3.05, 3.63) is 12.7 Å². The van der Waals surface area contributed by atoms with E-state index >= 15 is 0 Å². The molecular weight excluding hydrogens is 609 g/mol. The summed E-state index contributed by atoms with van der Waals surface area (Å²) < 4.78 is 33.9. The normalized spacial score (nSPS) is 14.5. The SMILES string of the molecule is CCCCCCCCCCCCCCCCOC(CC)P(=O)(COC(=O)SC(C)C)COC(C)Cn1cnc2c(N)ncnc21. The van der Waals surface area contributed by atoms with Crippen molar-refractivity contribution in [2.45, 2.75) is 155 Å². The van der Waals surface area contributed by atoms with Gasteiger partial charge in [0.2, 0.25) is 0 Å². The van der Waals surface area contributed by atoms with E-state index < -0.39 is 18.3 Å². The number of unbranched alkanes of at least 4 members (excludes halogenated alkanes) is 13. The summed E-state index contributed by atoms with van der Waals surface area (Å²) in [5.41, 5.74) is 7.07. The second-order valence-electron chi connectivity index (χ2n) is 12.4. The van der Waals surface area contributed by atoms with E-state index in [-0.39, 0.29) is 24.0 Å². The van der Waals surface area contributed by atoms with Gasteiger partial charge in [-0.3, -0.25) is 0 Å². The zero-order chi connectivity index (χ0) is 32.9. The number of thioether (sulfide) groups is 1. The maximum absolute atomic E-state index is 14.3. The highest BCUT2D eigenvalue weighted by atomic mass is 32.2. The van der Waals surface area contributed by atoms with Crippen LogP contribution in [0.2, 0.25) is 0 Å². The number of hydrogen-bond acceptors (Lipinski definition) is 10. The number of nitrogen functional groups attached to an aromatic ring is 1. The highest BCUT2D eigenvalue weighted by Crippen LogP contribution is 2.53. The van der Waals surface area contributed by atoms with Crippen molar-refractivity contribution in [3.63, 3.8) is 0 Å². The zero-order valence-electron chi connectivity index (χ0n) is 28.6. The molecule has 258 valence electrons. The highest BCUT2D eigenvalue weighted by Gasteiger charge is 2.35. The average Bonchev–Trinajstić information content (AvgIpc) is 3.42. The molecule has 10 nitrogen and oxygen atoms in total. The number of fused-ring (bicyclic) bond motifs is 1. The Bertz CT molecular complexity index is 1130. The molecule has 2 N–H and O–H groups in total. The van der Waals surface area contributed by atoms with Crippen LogP contribution in [0.4, 0.5) is 10.6 Å². The molecule has 2 rings (SSSR count). The summed E-state index contributed by atoms with van der Waals surface area (Å²) in [6, 6.07) is 0. The van der Waals surface area contributed by atoms with Gasteiger partial charge in [0.1, 0.15) is 30.4 Å². The third kappa shape index (κ3) is 15.6. The lowest BCUT2D eigenvalue weighted by Gasteiger charge is -2.28. The Kier molecular flexibility index (Phi) is 20.0. The molecule has 0 bridgehead atoms. The minimum atomic E-state index is -3.19. The van der Waals surface area contributed by atoms with Crippen LogP contribution < -0.4 is 5.73 Å². The Morgan fingerprint density at radius 2 is 1.47 bits per heavy atom. The van der Waals surface area contributed by atoms with Gasteiger partial charge >= 0.3 is 5.30 Å². The van der Waals surface area contributed by atoms with Gasteiger partial charge in [-0.05, 0) is 31.5 Å². The van der Waals surface area contributed by atoms with Crippen LogP contribution in [0.5, 0.6) is 0 Å². The molecule has 2 aromatic heterocycles. The van der Waals surface area contributed by atoms with Gasteiger partial charge in [-0.1, -0.05) is 111 Å². The van der Waals surface area contributed by atoms with Crippen molar-refractivity contribution in [3.8, 4) is 0 Å². The number of aromatic nitrogens is 4. The third-order valence-electron chi connectivity index (χ3n) is 7.88. The van der Waals surface area contributed by atoms with E-state index in [0.29, 0.717) is 36.6 Å². The van der Waals surface area contributed by atoms with E-state index in [1.807, 2.05) is 32.3 Å². The van der Waals surface area contributed by atoms with Crippen LogP contribution in [0.25, 0.3) is 11.2 Å². The second-order valence-corrected chi connectivity index (χ2v) is 16.9. The van der Waals surface area contributed by atoms with E-state index in [2.05, 4.69) is 21.9 Å². The van der Waals surface area contributed by atoms with Crippen LogP contribution in [-0.2, 0) is 25.3 Å². The fraction of sp³-hybridized carbons (Fsp3) is 0.818. The van der Waals surface area contributed by atoms with E-state index in [1.54, 1.807) is 6.33 Å². The molecule has 12 heteroatoms. The molecule has 0 aromatic carbocycles. The van der Waals surface area contributed by atoms with Gasteiger partial charge in [-0.15, -0.1) is 0 Å². The molecule has 3 atom stereocenters. The summed E-state index contributed by atoms with van der Waals surface area (Å²) in [7, 11) is -3.19. The number of carbonyl (C=O) groups excluding carboxylic acids is 1. The van der Waals surface area contributed by atoms with Gasteiger partial charge in [0, 0.05) is 11.9 Å². The van der Waals surface area contributed by atoms with Crippen LogP contribution in [0.15, 0.2) is 12.7 Å². The summed E-state index contributed by atoms with van der Waals surface area (Å²) in [4.78, 5) is 24.9. The van der Waals surface area contributed by atoms with Crippen molar-refractivity contribution < 1.29 is 23.6 Å². The smallest absolute Gasteiger partial charge is 0.368 e. The Labute approximate surface area is 276 Å². The van der Waals surface area contributed by atoms with Crippen molar-refractivity contribution in [2.24, 2.45) is 0 Å². The molecule has 2 aromatic rings. The molecule has 0 saturated carbocycles. The van der Waals surface area contributed by atoms with Gasteiger partial charge in [0.15, 0.2) is 18.6 Å². The quantitative estimate of drug-likeness (QED) is 0.0587. The number of carbonyl (C=O) groups is 1. The Morgan fingerprint density at radius 3 is 2.04 bits per heavy atom. The lowest BCUT2D eigenvalue weighted by molar-refractivity contribution is 0.0674. The molecule has 0 fully saturated rings. The summed E-state index contributed by atoms with van der Waals surface area (Å²) >= 11 is 1.09. The monoisotopic (exact) mass is 669 g/mol. The summed E-state index contributed by atoms with van der Waals surface area (Å²) in [5, 5.41) is -0.350. The molecule has 2 heterocycles. The average molecular weight is 670 g/mol. The van der Waals surface area contributed by atoms with Crippen LogP contribution >= 0.6 is 18.9 Å². The first kappa shape index (κ1) is 39.5. The lowest BCUT2D eigenvalue weighted by Crippen LogP contribution is -2.24. The van der Waals surface area contributed by atoms with Crippen molar-refractivity contribution in [1.29, 1.82) is 0 Å². The largest absolute Gasteiger partial charge is 0.449 e. The number of anilines is 1. The topological polar surface area (TPSA) is 131 Å². The first-order valence-electron chi connectivity index (χ1n) is 17.3. The van der Waals surface area contributed by atoms with E-state index in [0.717, 1.165) is 24.6 Å². The van der Waals surface area contributed by atoms with Crippen molar-refractivity contribution >= 4 is 41.2 Å². The Morgan fingerprint density at radius 1 is 0.867 bits per heavy atom. The van der Waals surface area contributed by atoms with Crippen molar-refractivity contribution in [2.75, 3.05) is 25.0 Å². The molecule has 0 spiro atoms. The second kappa shape index (κ2) is 22.8. The molecule has 0 aliphatic heterocycles. The van der Waals surface area contributed by atoms with Gasteiger partial charge < -0.3 is 29.1 Å². The van der Waals surface area contributed by atoms with Gasteiger partial charge in [-0.2, -0.15) is 0 Å². The van der Waals surface area contributed by atoms with Crippen LogP contribution in [0.3, 0.4) is 0 Å². The van der Waals surface area contributed by atoms with Gasteiger partial charge in [0.25, 0.3) is 0 Å². The van der Waals surface area contributed by atoms with Crippen LogP contribution in [-0.4, -0.2) is 61.3 Å². The summed E-state index contributed by atoms with van der Waals surface area (Å²) in [6.45, 7) is 10.9. The Balaban J connectivity index is 1.78. The molecule has 0 saturated heterocycles. The molecule has 0 aliphatic carbocycles. The first-order chi connectivity index (χ1) is 21.7. The minimum absolute atomic E-state index is 0.0468. The first-order valence-corrected chi connectivity index (χ1v) is 20.3. The van der Waals surface area contributed by atoms with Gasteiger partial charge in [0.05, 0.1) is 19.0 Å². The van der Waals surface area contributed by atoms with Crippen LogP contribution in [0, 0.1) is 0 Å². The predicted octanol–water partition coefficient (Wildman–Crippen LogP) is 9.60. The Hall–Kier alpha value is -1.68. The lowest BCUT2D eigenvalue weighted by atomic mass is 10.0. The number of imidazole rings is 1. The standard InChI is InChI=1S/C33H60N5O5PS/c1-6-8-9-10-11-12-13-14-15-16-17-18-19-20-21-41-29(7-2)44(40,26-43-33(39)45-27(3)4)25-42-28(5)22-38-24-37-30-31(34)35-23-36-32(30)38/h23-24,27-29H,6-22,25-26H2,1-5H3,(H2,34,35,36). The molecular formula is C33H60N5O5PS. The van der Waals surface area contributed by atoms with E-state index in [1.165, 1.54) is 83.4 Å². The molecule has 0 amide bonds. The molecule has 45 heavy (non-hydrogen) atoms. The number of hydrogen-bond donors (Lipinski definition) is 1. The zero-order valence-corrected chi connectivity index (χ0v) is 30.3. The number of nitrogens with zero attached hydrogens (tertiary/aromatic N) is 4. The molecule has 0 radical (unpaired) electrons. The number of rotatable bonds is 26. The third-order valence-corrected chi connectivity index (χ3v) is 11.4. The fourth-order valence-electron chi connectivity index (χ4n) is 5.31. The maximum Gasteiger partial charge on any atom is 0.368 e. The van der Waals surface area contributed by atoms with Crippen LogP contribution in [0.1, 0.15) is 131 Å². The summed E-state index contributed by atoms with van der Waals surface area (Å²) in [5.74, 6) is -0.218. The maximum atomic E-state index is 14.3. The van der Waals surface area contributed by atoms with E-state index in [9.17, 15) is 9.36 Å². The highest BCUT2D eigenvalue weighted by molar-refractivity contribution is 8.13. The minimum Gasteiger partial charge on any atom is -0.449 e. The fourth-order valence-corrected chi connectivity index (χ4v) is 8.20. The van der Waals surface area contributed by atoms with E-state index in [4.69, 9.17) is 19.9 Å².